The molecule has 0 radical (unpaired) electrons. The van der Waals surface area contributed by atoms with Crippen LogP contribution in [0.2, 0.25) is 0 Å². The standard InChI is InChI=1S/C7H13N3OS/c1-5(2)6-8-7(10-9-6)12-4-3-11/h5,11H,3-4H2,1-2H3,(H,8,9,10). The zero-order valence-corrected chi connectivity index (χ0v) is 8.06. The van der Waals surface area contributed by atoms with Crippen molar-refractivity contribution in [3.63, 3.8) is 0 Å². The van der Waals surface area contributed by atoms with Gasteiger partial charge in [-0.15, -0.1) is 5.10 Å². The molecule has 0 amide bonds. The first-order valence-corrected chi connectivity index (χ1v) is 4.88. The lowest BCUT2D eigenvalue weighted by atomic mass is 10.2. The Balaban J connectivity index is 2.52. The molecule has 4 nitrogen and oxygen atoms in total. The van der Waals surface area contributed by atoms with Crippen molar-refractivity contribution in [1.82, 2.24) is 15.2 Å². The molecule has 0 aliphatic heterocycles. The lowest BCUT2D eigenvalue weighted by molar-refractivity contribution is 0.322. The van der Waals surface area contributed by atoms with Crippen LogP contribution in [0, 0.1) is 0 Å². The van der Waals surface area contributed by atoms with E-state index in [0.717, 1.165) is 5.82 Å². The van der Waals surface area contributed by atoms with Crippen LogP contribution in [0.5, 0.6) is 0 Å². The summed E-state index contributed by atoms with van der Waals surface area (Å²) in [5, 5.41) is 16.1. The molecule has 1 rings (SSSR count). The Morgan fingerprint density at radius 1 is 1.58 bits per heavy atom. The monoisotopic (exact) mass is 187 g/mol. The third-order valence-corrected chi connectivity index (χ3v) is 2.18. The highest BCUT2D eigenvalue weighted by Crippen LogP contribution is 2.14. The number of hydrogen-bond donors (Lipinski definition) is 2. The number of H-pyrrole nitrogens is 1. The minimum absolute atomic E-state index is 0.163. The minimum Gasteiger partial charge on any atom is -0.396 e. The number of nitrogens with one attached hydrogen (secondary N) is 1. The van der Waals surface area contributed by atoms with E-state index in [1.54, 1.807) is 0 Å². The van der Waals surface area contributed by atoms with Gasteiger partial charge in [-0.2, -0.15) is 0 Å². The van der Waals surface area contributed by atoms with Gasteiger partial charge in [-0.05, 0) is 0 Å². The number of hydrogen-bond acceptors (Lipinski definition) is 4. The van der Waals surface area contributed by atoms with Crippen molar-refractivity contribution >= 4 is 11.8 Å². The summed E-state index contributed by atoms with van der Waals surface area (Å²) in [6.45, 7) is 4.28. The first kappa shape index (κ1) is 9.54. The topological polar surface area (TPSA) is 61.8 Å². The van der Waals surface area contributed by atoms with Crippen molar-refractivity contribution in [1.29, 1.82) is 0 Å². The molecule has 0 fully saturated rings. The number of nitrogens with zero attached hydrogens (tertiary/aromatic N) is 2. The van der Waals surface area contributed by atoms with Crippen LogP contribution in [0.4, 0.5) is 0 Å². The Morgan fingerprint density at radius 3 is 2.83 bits per heavy atom. The smallest absolute Gasteiger partial charge is 0.208 e. The van der Waals surface area contributed by atoms with Crippen molar-refractivity contribution in [2.75, 3.05) is 12.4 Å². The molecule has 1 heterocycles. The normalized spacial score (nSPS) is 11.0. The van der Waals surface area contributed by atoms with Gasteiger partial charge in [0.05, 0.1) is 6.61 Å². The summed E-state index contributed by atoms with van der Waals surface area (Å²) in [7, 11) is 0. The fourth-order valence-corrected chi connectivity index (χ4v) is 1.26. The molecular formula is C7H13N3OS. The van der Waals surface area contributed by atoms with Gasteiger partial charge in [-0.3, -0.25) is 5.10 Å². The van der Waals surface area contributed by atoms with Crippen molar-refractivity contribution in [2.45, 2.75) is 24.9 Å². The predicted molar refractivity (Wildman–Crippen MR) is 48.3 cm³/mol. The molecule has 0 unspecified atom stereocenters. The predicted octanol–water partition coefficient (Wildman–Crippen LogP) is 1.01. The van der Waals surface area contributed by atoms with Crippen LogP contribution in [0.25, 0.3) is 0 Å². The summed E-state index contributed by atoms with van der Waals surface area (Å²) < 4.78 is 0. The van der Waals surface area contributed by atoms with Gasteiger partial charge in [0.25, 0.3) is 0 Å². The highest BCUT2D eigenvalue weighted by atomic mass is 32.2. The Labute approximate surface area is 75.8 Å². The van der Waals surface area contributed by atoms with E-state index in [9.17, 15) is 0 Å². The third kappa shape index (κ3) is 2.49. The van der Waals surface area contributed by atoms with E-state index in [-0.39, 0.29) is 6.61 Å². The molecule has 2 N–H and O–H groups in total. The number of aliphatic hydroxyl groups is 1. The minimum atomic E-state index is 0.163. The largest absolute Gasteiger partial charge is 0.396 e. The quantitative estimate of drug-likeness (QED) is 0.691. The SMILES string of the molecule is CC(C)c1nc(SCCO)n[nH]1. The fraction of sp³-hybridized carbons (Fsp3) is 0.714. The molecule has 5 heteroatoms. The Bertz CT molecular complexity index is 236. The molecule has 0 saturated heterocycles. The molecule has 0 atom stereocenters. The molecule has 0 bridgehead atoms. The summed E-state index contributed by atoms with van der Waals surface area (Å²) in [4.78, 5) is 4.23. The number of rotatable bonds is 4. The zero-order valence-electron chi connectivity index (χ0n) is 7.24. The van der Waals surface area contributed by atoms with Gasteiger partial charge >= 0.3 is 0 Å². The second-order valence-electron chi connectivity index (χ2n) is 2.73. The van der Waals surface area contributed by atoms with E-state index < -0.39 is 0 Å². The average molecular weight is 187 g/mol. The molecule has 0 aliphatic carbocycles. The van der Waals surface area contributed by atoms with Gasteiger partial charge in [-0.25, -0.2) is 4.98 Å². The Kier molecular flexibility index (Phi) is 3.55. The van der Waals surface area contributed by atoms with Crippen LogP contribution in [0.1, 0.15) is 25.6 Å². The number of aromatic nitrogens is 3. The number of aliphatic hydroxyl groups excluding tert-OH is 1. The van der Waals surface area contributed by atoms with Crippen molar-refractivity contribution in [3.8, 4) is 0 Å². The first-order chi connectivity index (χ1) is 5.74. The first-order valence-electron chi connectivity index (χ1n) is 3.90. The molecule has 0 aromatic carbocycles. The second kappa shape index (κ2) is 4.47. The number of thioether (sulfide) groups is 1. The molecule has 12 heavy (non-hydrogen) atoms. The fourth-order valence-electron chi connectivity index (χ4n) is 0.718. The maximum absolute atomic E-state index is 8.56. The second-order valence-corrected chi connectivity index (χ2v) is 3.79. The maximum Gasteiger partial charge on any atom is 0.208 e. The summed E-state index contributed by atoms with van der Waals surface area (Å²) in [6, 6.07) is 0. The summed E-state index contributed by atoms with van der Waals surface area (Å²) in [5.41, 5.74) is 0. The highest BCUT2D eigenvalue weighted by Gasteiger charge is 2.05. The Morgan fingerprint density at radius 2 is 2.33 bits per heavy atom. The third-order valence-electron chi connectivity index (χ3n) is 1.35. The van der Waals surface area contributed by atoms with Gasteiger partial charge in [0, 0.05) is 11.7 Å². The lowest BCUT2D eigenvalue weighted by Crippen LogP contribution is -1.89. The lowest BCUT2D eigenvalue weighted by Gasteiger charge is -1.94. The summed E-state index contributed by atoms with van der Waals surface area (Å²) in [6.07, 6.45) is 0. The van der Waals surface area contributed by atoms with Crippen molar-refractivity contribution < 1.29 is 5.11 Å². The van der Waals surface area contributed by atoms with E-state index in [2.05, 4.69) is 29.0 Å². The number of aromatic amines is 1. The van der Waals surface area contributed by atoms with Gasteiger partial charge in [-0.1, -0.05) is 25.6 Å². The van der Waals surface area contributed by atoms with Crippen LogP contribution in [-0.2, 0) is 0 Å². The van der Waals surface area contributed by atoms with E-state index in [1.807, 2.05) is 0 Å². The molecule has 1 aromatic heterocycles. The Hall–Kier alpha value is -0.550. The molecule has 0 saturated carbocycles. The van der Waals surface area contributed by atoms with E-state index in [1.165, 1.54) is 11.8 Å². The van der Waals surface area contributed by atoms with Gasteiger partial charge in [0.1, 0.15) is 5.82 Å². The van der Waals surface area contributed by atoms with Crippen LogP contribution in [0.3, 0.4) is 0 Å². The molecule has 0 spiro atoms. The molecule has 68 valence electrons. The van der Waals surface area contributed by atoms with Crippen molar-refractivity contribution in [3.05, 3.63) is 5.82 Å². The molecular weight excluding hydrogens is 174 g/mol. The maximum atomic E-state index is 8.56. The molecule has 1 aromatic rings. The van der Waals surface area contributed by atoms with Crippen LogP contribution in [0.15, 0.2) is 5.16 Å². The summed E-state index contributed by atoms with van der Waals surface area (Å²) >= 11 is 1.46. The zero-order chi connectivity index (χ0) is 8.97. The van der Waals surface area contributed by atoms with Crippen LogP contribution < -0.4 is 0 Å². The van der Waals surface area contributed by atoms with E-state index >= 15 is 0 Å². The van der Waals surface area contributed by atoms with E-state index in [4.69, 9.17) is 5.11 Å². The van der Waals surface area contributed by atoms with Gasteiger partial charge in [0.2, 0.25) is 5.16 Å². The summed E-state index contributed by atoms with van der Waals surface area (Å²) in [5.74, 6) is 1.92. The van der Waals surface area contributed by atoms with Gasteiger partial charge in [0.15, 0.2) is 0 Å². The van der Waals surface area contributed by atoms with E-state index in [0.29, 0.717) is 16.8 Å². The van der Waals surface area contributed by atoms with Crippen LogP contribution in [-0.4, -0.2) is 32.6 Å². The highest BCUT2D eigenvalue weighted by molar-refractivity contribution is 7.99. The average Bonchev–Trinajstić information content (AvgIpc) is 2.48. The van der Waals surface area contributed by atoms with Crippen molar-refractivity contribution in [2.24, 2.45) is 0 Å². The molecule has 0 aliphatic rings. The van der Waals surface area contributed by atoms with Gasteiger partial charge < -0.3 is 5.11 Å². The van der Waals surface area contributed by atoms with Crippen LogP contribution >= 0.6 is 11.8 Å².